The van der Waals surface area contributed by atoms with Crippen molar-refractivity contribution in [2.45, 2.75) is 13.3 Å². The predicted octanol–water partition coefficient (Wildman–Crippen LogP) is 5.33. The fourth-order valence-corrected chi connectivity index (χ4v) is 4.70. The van der Waals surface area contributed by atoms with Gasteiger partial charge in [0.15, 0.2) is 0 Å². The number of H-pyrrole nitrogens is 1. The lowest BCUT2D eigenvalue weighted by atomic mass is 10.00. The van der Waals surface area contributed by atoms with Crippen LogP contribution in [0.5, 0.6) is 5.75 Å². The number of aryl methyl sites for hydroxylation is 1. The van der Waals surface area contributed by atoms with Crippen LogP contribution in [-0.4, -0.2) is 22.2 Å². The first-order chi connectivity index (χ1) is 13.2. The number of ether oxygens (including phenoxy) is 1. The number of amides is 1. The van der Waals surface area contributed by atoms with E-state index in [1.165, 1.54) is 22.8 Å². The molecular formula is C18H12F3N3O2S2. The van der Waals surface area contributed by atoms with Crippen LogP contribution in [0.2, 0.25) is 0 Å². The third-order valence-corrected chi connectivity index (χ3v) is 5.80. The van der Waals surface area contributed by atoms with E-state index in [1.807, 2.05) is 0 Å². The lowest BCUT2D eigenvalue weighted by Gasteiger charge is -2.11. The molecule has 3 N–H and O–H groups in total. The van der Waals surface area contributed by atoms with Crippen LogP contribution in [0.1, 0.15) is 15.4 Å². The number of nitrogens with two attached hydrogens (primary N) is 1. The molecule has 0 aliphatic rings. The van der Waals surface area contributed by atoms with E-state index in [0.717, 1.165) is 16.3 Å². The Labute approximate surface area is 164 Å². The number of benzene rings is 1. The Balaban J connectivity index is 2.01. The summed E-state index contributed by atoms with van der Waals surface area (Å²) in [5.41, 5.74) is 7.67. The molecule has 28 heavy (non-hydrogen) atoms. The number of fused-ring (bicyclic) bond motifs is 1. The molecule has 3 aromatic heterocycles. The maximum absolute atomic E-state index is 12.9. The summed E-state index contributed by atoms with van der Waals surface area (Å²) in [6.07, 6.45) is -4.82. The standard InChI is InChI=1S/C18H12F3N3O2S2/c1-8-23-14-12(15-11(6-7-27-15)26-18(19,20)21)13(24-17(14)28-8)9-4-2-3-5-10(9)16(22)25/h2-7,24H,1H3,(H2,22,25). The highest BCUT2D eigenvalue weighted by Gasteiger charge is 2.34. The topological polar surface area (TPSA) is 81.0 Å². The minimum absolute atomic E-state index is 0.254. The molecule has 5 nitrogen and oxygen atoms in total. The van der Waals surface area contributed by atoms with Crippen molar-refractivity contribution in [3.8, 4) is 27.4 Å². The second kappa shape index (κ2) is 6.64. The summed E-state index contributed by atoms with van der Waals surface area (Å²) in [7, 11) is 0. The molecule has 4 aromatic rings. The van der Waals surface area contributed by atoms with Crippen molar-refractivity contribution < 1.29 is 22.7 Å². The molecule has 144 valence electrons. The maximum Gasteiger partial charge on any atom is 0.573 e. The average Bonchev–Trinajstić information content (AvgIpc) is 3.27. The highest BCUT2D eigenvalue weighted by atomic mass is 32.1. The van der Waals surface area contributed by atoms with E-state index >= 15 is 0 Å². The molecular weight excluding hydrogens is 411 g/mol. The molecule has 0 fully saturated rings. The van der Waals surface area contributed by atoms with E-state index in [-0.39, 0.29) is 16.2 Å². The highest BCUT2D eigenvalue weighted by molar-refractivity contribution is 7.18. The Morgan fingerprint density at radius 1 is 1.25 bits per heavy atom. The molecule has 1 aromatic carbocycles. The number of rotatable bonds is 4. The number of hydrogen-bond donors (Lipinski definition) is 2. The lowest BCUT2D eigenvalue weighted by Crippen LogP contribution is -2.17. The van der Waals surface area contributed by atoms with Gasteiger partial charge >= 0.3 is 6.36 Å². The second-order valence-electron chi connectivity index (χ2n) is 5.86. The molecule has 0 aliphatic heterocycles. The van der Waals surface area contributed by atoms with Crippen LogP contribution in [-0.2, 0) is 0 Å². The minimum atomic E-state index is -4.82. The first kappa shape index (κ1) is 18.5. The van der Waals surface area contributed by atoms with Crippen molar-refractivity contribution >= 4 is 38.9 Å². The number of aromatic amines is 1. The number of thiazole rings is 1. The van der Waals surface area contributed by atoms with E-state index in [0.29, 0.717) is 27.2 Å². The zero-order valence-corrected chi connectivity index (χ0v) is 15.9. The molecule has 0 saturated heterocycles. The number of thiophene rings is 1. The van der Waals surface area contributed by atoms with Crippen LogP contribution >= 0.6 is 22.7 Å². The first-order valence-corrected chi connectivity index (χ1v) is 9.66. The first-order valence-electron chi connectivity index (χ1n) is 7.96. The molecule has 0 bridgehead atoms. The van der Waals surface area contributed by atoms with Gasteiger partial charge in [-0.3, -0.25) is 4.79 Å². The van der Waals surface area contributed by atoms with Crippen LogP contribution in [0, 0.1) is 6.92 Å². The van der Waals surface area contributed by atoms with E-state index in [4.69, 9.17) is 5.73 Å². The molecule has 0 aliphatic carbocycles. The zero-order valence-electron chi connectivity index (χ0n) is 14.3. The third-order valence-electron chi connectivity index (χ3n) is 4.00. The number of carbonyl (C=O) groups is 1. The average molecular weight is 423 g/mol. The minimum Gasteiger partial charge on any atom is -0.404 e. The molecule has 0 spiro atoms. The van der Waals surface area contributed by atoms with Crippen LogP contribution in [0.3, 0.4) is 0 Å². The number of alkyl halides is 3. The Hall–Kier alpha value is -2.85. The van der Waals surface area contributed by atoms with Crippen LogP contribution in [0.25, 0.3) is 32.0 Å². The molecule has 0 unspecified atom stereocenters. The third kappa shape index (κ3) is 3.25. The Morgan fingerprint density at radius 2 is 2.00 bits per heavy atom. The summed E-state index contributed by atoms with van der Waals surface area (Å²) >= 11 is 2.47. The van der Waals surface area contributed by atoms with Gasteiger partial charge in [0, 0.05) is 16.7 Å². The maximum atomic E-state index is 12.9. The van der Waals surface area contributed by atoms with Gasteiger partial charge in [-0.25, -0.2) is 4.98 Å². The number of halogens is 3. The largest absolute Gasteiger partial charge is 0.573 e. The van der Waals surface area contributed by atoms with E-state index in [1.54, 1.807) is 31.2 Å². The molecule has 1 amide bonds. The lowest BCUT2D eigenvalue weighted by molar-refractivity contribution is -0.274. The second-order valence-corrected chi connectivity index (χ2v) is 7.98. The predicted molar refractivity (Wildman–Crippen MR) is 103 cm³/mol. The van der Waals surface area contributed by atoms with E-state index < -0.39 is 12.3 Å². The molecule has 0 radical (unpaired) electrons. The van der Waals surface area contributed by atoms with E-state index in [9.17, 15) is 18.0 Å². The van der Waals surface area contributed by atoms with Crippen LogP contribution in [0.15, 0.2) is 35.7 Å². The van der Waals surface area contributed by atoms with Gasteiger partial charge in [0.25, 0.3) is 0 Å². The summed E-state index contributed by atoms with van der Waals surface area (Å²) in [6.45, 7) is 1.81. The highest BCUT2D eigenvalue weighted by Crippen LogP contribution is 2.47. The van der Waals surface area contributed by atoms with Gasteiger partial charge in [0.1, 0.15) is 16.1 Å². The molecule has 4 rings (SSSR count). The van der Waals surface area contributed by atoms with Crippen molar-refractivity contribution in [3.05, 3.63) is 46.3 Å². The van der Waals surface area contributed by atoms with Gasteiger partial charge in [-0.1, -0.05) is 18.2 Å². The van der Waals surface area contributed by atoms with Crippen molar-refractivity contribution in [3.63, 3.8) is 0 Å². The van der Waals surface area contributed by atoms with E-state index in [2.05, 4.69) is 14.7 Å². The number of nitrogens with one attached hydrogen (secondary N) is 1. The van der Waals surface area contributed by atoms with Gasteiger partial charge in [-0.15, -0.1) is 35.8 Å². The van der Waals surface area contributed by atoms with Gasteiger partial charge in [-0.2, -0.15) is 0 Å². The van der Waals surface area contributed by atoms with Crippen molar-refractivity contribution in [1.29, 1.82) is 0 Å². The molecule has 0 saturated carbocycles. The summed E-state index contributed by atoms with van der Waals surface area (Å²) < 4.78 is 42.8. The smallest absolute Gasteiger partial charge is 0.404 e. The van der Waals surface area contributed by atoms with Crippen molar-refractivity contribution in [2.75, 3.05) is 0 Å². The van der Waals surface area contributed by atoms with Crippen LogP contribution in [0.4, 0.5) is 13.2 Å². The number of primary amides is 1. The number of hydrogen-bond acceptors (Lipinski definition) is 5. The normalized spacial score (nSPS) is 11.9. The Kier molecular flexibility index (Phi) is 4.39. The Bertz CT molecular complexity index is 1190. The van der Waals surface area contributed by atoms with Gasteiger partial charge in [-0.05, 0) is 24.4 Å². The monoisotopic (exact) mass is 423 g/mol. The summed E-state index contributed by atoms with van der Waals surface area (Å²) in [5.74, 6) is -0.955. The summed E-state index contributed by atoms with van der Waals surface area (Å²) in [4.78, 5) is 20.5. The van der Waals surface area contributed by atoms with Gasteiger partial charge in [0.2, 0.25) is 5.91 Å². The molecule has 10 heteroatoms. The van der Waals surface area contributed by atoms with Crippen molar-refractivity contribution in [2.24, 2.45) is 5.73 Å². The zero-order chi connectivity index (χ0) is 20.1. The fraction of sp³-hybridized carbons (Fsp3) is 0.111. The van der Waals surface area contributed by atoms with Crippen molar-refractivity contribution in [1.82, 2.24) is 9.97 Å². The molecule has 3 heterocycles. The number of carbonyl (C=O) groups excluding carboxylic acids is 1. The Morgan fingerprint density at radius 3 is 2.71 bits per heavy atom. The summed E-state index contributed by atoms with van der Waals surface area (Å²) in [5, 5.41) is 2.27. The fourth-order valence-electron chi connectivity index (χ4n) is 3.00. The number of nitrogens with zero attached hydrogens (tertiary/aromatic N) is 1. The quantitative estimate of drug-likeness (QED) is 0.466. The summed E-state index contributed by atoms with van der Waals surface area (Å²) in [6, 6.07) is 7.90. The number of aromatic nitrogens is 2. The SMILES string of the molecule is Cc1nc2c(-c3sccc3OC(F)(F)F)c(-c3ccccc3C(N)=O)[nH]c2s1. The molecule has 0 atom stereocenters. The van der Waals surface area contributed by atoms with Crippen LogP contribution < -0.4 is 10.5 Å². The van der Waals surface area contributed by atoms with Gasteiger partial charge < -0.3 is 15.5 Å². The van der Waals surface area contributed by atoms with Gasteiger partial charge in [0.05, 0.1) is 15.6 Å².